The number of aliphatic hydroxyl groups is 1. The van der Waals surface area contributed by atoms with Gasteiger partial charge in [-0.05, 0) is 6.08 Å². The molecule has 0 fully saturated rings. The second-order valence-electron chi connectivity index (χ2n) is 0.763. The first-order valence-electron chi connectivity index (χ1n) is 1.42. The van der Waals surface area contributed by atoms with Gasteiger partial charge in [0.15, 0.2) is 0 Å². The molecule has 2 heteroatoms. The third kappa shape index (κ3) is 3.57. The average molecular weight is 105 g/mol. The van der Waals surface area contributed by atoms with Crippen molar-refractivity contribution in [3.8, 4) is 0 Å². The number of allylic oxidation sites excluding steroid dienone is 2. The quantitative estimate of drug-likeness (QED) is 0.397. The topological polar surface area (TPSA) is 20.2 Å². The predicted octanol–water partition coefficient (Wildman–Crippen LogP) is 1.81. The van der Waals surface area contributed by atoms with E-state index in [-0.39, 0.29) is 0 Å². The van der Waals surface area contributed by atoms with Crippen LogP contribution in [0.3, 0.4) is 0 Å². The first-order valence-corrected chi connectivity index (χ1v) is 1.80. The smallest absolute Gasteiger partial charge is 0.0806 e. The molecule has 0 heterocycles. The van der Waals surface area contributed by atoms with Gasteiger partial charge in [-0.15, -0.1) is 0 Å². The molecule has 34 valence electrons. The predicted molar refractivity (Wildman–Crippen MR) is 26.8 cm³/mol. The Hall–Kier alpha value is -0.430. The third-order valence-corrected chi connectivity index (χ3v) is 0.381. The zero-order valence-electron chi connectivity index (χ0n) is 3.19. The maximum absolute atomic E-state index is 7.91. The van der Waals surface area contributed by atoms with E-state index >= 15 is 0 Å². The summed E-state index contributed by atoms with van der Waals surface area (Å²) in [6, 6.07) is 0. The Morgan fingerprint density at radius 1 is 1.83 bits per heavy atom. The Morgan fingerprint density at radius 3 is 2.33 bits per heavy atom. The van der Waals surface area contributed by atoms with E-state index in [0.29, 0.717) is 5.03 Å². The molecule has 0 bridgehead atoms. The van der Waals surface area contributed by atoms with Crippen LogP contribution in [0.25, 0.3) is 0 Å². The maximum Gasteiger partial charge on any atom is 0.0806 e. The SMILES string of the molecule is C=C(Cl)C=CO. The van der Waals surface area contributed by atoms with E-state index in [1.807, 2.05) is 0 Å². The largest absolute Gasteiger partial charge is 0.516 e. The van der Waals surface area contributed by atoms with E-state index in [0.717, 1.165) is 6.26 Å². The fourth-order valence-electron chi connectivity index (χ4n) is 0.0809. The van der Waals surface area contributed by atoms with E-state index in [1.165, 1.54) is 6.08 Å². The Kier molecular flexibility index (Phi) is 2.59. The molecule has 0 saturated carbocycles. The van der Waals surface area contributed by atoms with Crippen LogP contribution in [-0.2, 0) is 0 Å². The molecule has 0 unspecified atom stereocenters. The molecule has 0 rings (SSSR count). The van der Waals surface area contributed by atoms with Crippen molar-refractivity contribution in [2.24, 2.45) is 0 Å². The van der Waals surface area contributed by atoms with Crippen molar-refractivity contribution >= 4 is 11.6 Å². The molecule has 0 aliphatic rings. The van der Waals surface area contributed by atoms with Gasteiger partial charge in [0, 0.05) is 5.03 Å². The molecule has 0 aliphatic carbocycles. The van der Waals surface area contributed by atoms with Crippen LogP contribution in [0.4, 0.5) is 0 Å². The molecule has 6 heavy (non-hydrogen) atoms. The van der Waals surface area contributed by atoms with Gasteiger partial charge < -0.3 is 5.11 Å². The van der Waals surface area contributed by atoms with Crippen LogP contribution >= 0.6 is 11.6 Å². The molecule has 1 N–H and O–H groups in total. The maximum atomic E-state index is 7.91. The molecule has 0 aromatic rings. The molecule has 0 aromatic carbocycles. The second-order valence-corrected chi connectivity index (χ2v) is 1.25. The highest BCUT2D eigenvalue weighted by Crippen LogP contribution is 1.94. The minimum Gasteiger partial charge on any atom is -0.516 e. The highest BCUT2D eigenvalue weighted by molar-refractivity contribution is 6.30. The zero-order chi connectivity index (χ0) is 4.99. The summed E-state index contributed by atoms with van der Waals surface area (Å²) < 4.78 is 0. The van der Waals surface area contributed by atoms with Crippen molar-refractivity contribution in [2.75, 3.05) is 0 Å². The second kappa shape index (κ2) is 2.79. The van der Waals surface area contributed by atoms with E-state index in [4.69, 9.17) is 16.7 Å². The lowest BCUT2D eigenvalue weighted by Gasteiger charge is -1.72. The van der Waals surface area contributed by atoms with Crippen LogP contribution in [0, 0.1) is 0 Å². The standard InChI is InChI=1S/C4H5ClO/c1-4(5)2-3-6/h2-3,6H,1H2. The van der Waals surface area contributed by atoms with Crippen LogP contribution in [0.5, 0.6) is 0 Å². The summed E-state index contributed by atoms with van der Waals surface area (Å²) in [5, 5.41) is 8.24. The van der Waals surface area contributed by atoms with Crippen molar-refractivity contribution < 1.29 is 5.11 Å². The number of aliphatic hydroxyl groups excluding tert-OH is 1. The summed E-state index contributed by atoms with van der Waals surface area (Å²) in [6.45, 7) is 3.26. The van der Waals surface area contributed by atoms with Gasteiger partial charge in [-0.25, -0.2) is 0 Å². The minimum absolute atomic E-state index is 0.331. The molecule has 0 aliphatic heterocycles. The Bertz CT molecular complexity index is 75.6. The van der Waals surface area contributed by atoms with Gasteiger partial charge in [0.05, 0.1) is 6.26 Å². The fraction of sp³-hybridized carbons (Fsp3) is 0. The normalized spacial score (nSPS) is 9.50. The Balaban J connectivity index is 3.30. The summed E-state index contributed by atoms with van der Waals surface area (Å²) in [5.41, 5.74) is 0. The van der Waals surface area contributed by atoms with Gasteiger partial charge in [0.25, 0.3) is 0 Å². The van der Waals surface area contributed by atoms with Crippen LogP contribution < -0.4 is 0 Å². The number of halogens is 1. The van der Waals surface area contributed by atoms with Gasteiger partial charge in [0.1, 0.15) is 0 Å². The number of hydrogen-bond acceptors (Lipinski definition) is 1. The summed E-state index contributed by atoms with van der Waals surface area (Å²) in [6.07, 6.45) is 2.14. The van der Waals surface area contributed by atoms with Crippen LogP contribution in [0.15, 0.2) is 23.9 Å². The van der Waals surface area contributed by atoms with Crippen molar-refractivity contribution in [3.05, 3.63) is 23.9 Å². The van der Waals surface area contributed by atoms with Crippen LogP contribution in [-0.4, -0.2) is 5.11 Å². The number of rotatable bonds is 1. The molecular weight excluding hydrogens is 99.5 g/mol. The van der Waals surface area contributed by atoms with Gasteiger partial charge in [-0.3, -0.25) is 0 Å². The van der Waals surface area contributed by atoms with Crippen molar-refractivity contribution in [2.45, 2.75) is 0 Å². The lowest BCUT2D eigenvalue weighted by atomic mass is 10.6. The van der Waals surface area contributed by atoms with E-state index in [2.05, 4.69) is 6.58 Å². The summed E-state index contributed by atoms with van der Waals surface area (Å²) in [7, 11) is 0. The number of hydrogen-bond donors (Lipinski definition) is 1. The molecule has 1 nitrogen and oxygen atoms in total. The fourth-order valence-corrected chi connectivity index (χ4v) is 0.137. The van der Waals surface area contributed by atoms with E-state index < -0.39 is 0 Å². The summed E-state index contributed by atoms with van der Waals surface area (Å²) in [4.78, 5) is 0. The van der Waals surface area contributed by atoms with Gasteiger partial charge in [-0.1, -0.05) is 18.2 Å². The highest BCUT2D eigenvalue weighted by atomic mass is 35.5. The van der Waals surface area contributed by atoms with Gasteiger partial charge >= 0.3 is 0 Å². The van der Waals surface area contributed by atoms with E-state index in [1.54, 1.807) is 0 Å². The first kappa shape index (κ1) is 5.57. The average Bonchev–Trinajstić information content (AvgIpc) is 1.35. The van der Waals surface area contributed by atoms with Crippen LogP contribution in [0.2, 0.25) is 0 Å². The molecule has 0 radical (unpaired) electrons. The van der Waals surface area contributed by atoms with Gasteiger partial charge in [0.2, 0.25) is 0 Å². The summed E-state index contributed by atoms with van der Waals surface area (Å²) in [5.74, 6) is 0. The molecular formula is C4H5ClO. The molecule has 0 amide bonds. The zero-order valence-corrected chi connectivity index (χ0v) is 3.94. The lowest BCUT2D eigenvalue weighted by molar-refractivity contribution is 0.473. The van der Waals surface area contributed by atoms with Gasteiger partial charge in [-0.2, -0.15) is 0 Å². The monoisotopic (exact) mass is 104 g/mol. The molecule has 0 atom stereocenters. The van der Waals surface area contributed by atoms with Crippen molar-refractivity contribution in [1.82, 2.24) is 0 Å². The molecule has 0 aromatic heterocycles. The minimum atomic E-state index is 0.331. The third-order valence-electron chi connectivity index (χ3n) is 0.255. The van der Waals surface area contributed by atoms with Crippen molar-refractivity contribution in [3.63, 3.8) is 0 Å². The summed E-state index contributed by atoms with van der Waals surface area (Å²) >= 11 is 5.14. The lowest BCUT2D eigenvalue weighted by Crippen LogP contribution is -1.52. The Morgan fingerprint density at radius 2 is 2.33 bits per heavy atom. The molecule has 0 saturated heterocycles. The first-order chi connectivity index (χ1) is 2.77. The van der Waals surface area contributed by atoms with Crippen LogP contribution in [0.1, 0.15) is 0 Å². The Labute approximate surface area is 41.6 Å². The van der Waals surface area contributed by atoms with E-state index in [9.17, 15) is 0 Å². The van der Waals surface area contributed by atoms with Crippen molar-refractivity contribution in [1.29, 1.82) is 0 Å². The highest BCUT2D eigenvalue weighted by Gasteiger charge is 1.68. The molecule has 0 spiro atoms.